The van der Waals surface area contributed by atoms with Crippen molar-refractivity contribution >= 4 is 75.6 Å². The van der Waals surface area contributed by atoms with Crippen LogP contribution < -0.4 is 15.7 Å². The van der Waals surface area contributed by atoms with Crippen LogP contribution in [-0.2, 0) is 9.31 Å². The number of rotatable bonds is 3. The second-order valence-electron chi connectivity index (χ2n) is 7.26. The lowest BCUT2D eigenvalue weighted by molar-refractivity contribution is 0.00578. The number of methoxy groups -OCH3 is 1. The zero-order chi connectivity index (χ0) is 23.8. The van der Waals surface area contributed by atoms with Crippen LogP contribution in [0.1, 0.15) is 27.7 Å². The Balaban J connectivity index is 0.000000290. The quantitative estimate of drug-likeness (QED) is 0.445. The highest BCUT2D eigenvalue weighted by Crippen LogP contribution is 2.37. The number of aromatic hydroxyl groups is 1. The Labute approximate surface area is 208 Å². The summed E-state index contributed by atoms with van der Waals surface area (Å²) in [6.45, 7) is 8.11. The number of hydrogen-bond donors (Lipinski definition) is 3. The summed E-state index contributed by atoms with van der Waals surface area (Å²) >= 11 is 9.31. The SMILES string of the molecule is BrB(Br)Br.COc1cnccc1B1OC(C)(C)C(C)(C)O1.OB(O)c1ccncc1O. The summed E-state index contributed by atoms with van der Waals surface area (Å²) in [5.41, 5.74) is 0.258. The molecule has 3 rings (SSSR count). The second-order valence-corrected chi connectivity index (χ2v) is 13.7. The maximum Gasteiger partial charge on any atom is 0.498 e. The van der Waals surface area contributed by atoms with Crippen LogP contribution in [0.3, 0.4) is 0 Å². The molecule has 1 aliphatic rings. The minimum absolute atomic E-state index is 0.0648. The first-order chi connectivity index (χ1) is 14.3. The average Bonchev–Trinajstić information content (AvgIpc) is 2.89. The first-order valence-electron chi connectivity index (χ1n) is 9.07. The van der Waals surface area contributed by atoms with Gasteiger partial charge in [-0.2, -0.15) is 0 Å². The lowest BCUT2D eigenvalue weighted by Crippen LogP contribution is -2.41. The maximum atomic E-state index is 8.90. The standard InChI is InChI=1S/C12H18BNO3.C5H6BNO3.BBr3/c1-11(2)12(3,4)17-13(16-11)9-6-7-14-8-10(9)15-5;8-5-3-7-2-1-4(5)6(9)10;2-1(3)4/h6-8H,1-5H3;1-3,8-10H;. The summed E-state index contributed by atoms with van der Waals surface area (Å²) < 4.78 is 17.5. The van der Waals surface area contributed by atoms with Gasteiger partial charge in [0.15, 0.2) is 0 Å². The van der Waals surface area contributed by atoms with Gasteiger partial charge in [0.25, 0.3) is 0 Å². The fourth-order valence-electron chi connectivity index (χ4n) is 2.34. The van der Waals surface area contributed by atoms with E-state index in [1.165, 1.54) is 12.3 Å². The van der Waals surface area contributed by atoms with E-state index in [1.807, 2.05) is 33.8 Å². The van der Waals surface area contributed by atoms with Crippen molar-refractivity contribution < 1.29 is 29.2 Å². The summed E-state index contributed by atoms with van der Waals surface area (Å²) in [6, 6.07) is 3.20. The largest absolute Gasteiger partial charge is 0.507 e. The number of halogens is 3. The zero-order valence-electron chi connectivity index (χ0n) is 17.8. The van der Waals surface area contributed by atoms with E-state index in [0.717, 1.165) is 11.7 Å². The van der Waals surface area contributed by atoms with E-state index in [1.54, 1.807) is 19.5 Å². The van der Waals surface area contributed by atoms with Crippen molar-refractivity contribution in [2.75, 3.05) is 7.11 Å². The van der Waals surface area contributed by atoms with Crippen molar-refractivity contribution in [3.05, 3.63) is 36.9 Å². The number of hydrogen-bond acceptors (Lipinski definition) is 8. The second kappa shape index (κ2) is 12.6. The van der Waals surface area contributed by atoms with Crippen molar-refractivity contribution in [3.63, 3.8) is 0 Å². The Bertz CT molecular complexity index is 814. The number of pyridine rings is 2. The lowest BCUT2D eigenvalue weighted by atomic mass is 9.79. The highest BCUT2D eigenvalue weighted by atomic mass is 79.9. The highest BCUT2D eigenvalue weighted by Gasteiger charge is 2.52. The van der Waals surface area contributed by atoms with E-state index in [9.17, 15) is 0 Å². The third-order valence-electron chi connectivity index (χ3n) is 4.65. The first-order valence-corrected chi connectivity index (χ1v) is 11.8. The maximum absolute atomic E-state index is 8.90. The fourth-order valence-corrected chi connectivity index (χ4v) is 2.34. The van der Waals surface area contributed by atoms with E-state index in [2.05, 4.69) is 57.2 Å². The summed E-state index contributed by atoms with van der Waals surface area (Å²) in [7, 11) is -0.424. The van der Waals surface area contributed by atoms with Crippen molar-refractivity contribution in [1.82, 2.24) is 9.97 Å². The van der Waals surface area contributed by atoms with Gasteiger partial charge in [-0.1, -0.05) is 0 Å². The third-order valence-corrected chi connectivity index (χ3v) is 4.65. The van der Waals surface area contributed by atoms with Crippen LogP contribution in [0.5, 0.6) is 11.5 Å². The molecule has 0 bridgehead atoms. The molecule has 2 aromatic rings. The molecule has 3 N–H and O–H groups in total. The Hall–Kier alpha value is -0.625. The fraction of sp³-hybridized carbons (Fsp3) is 0.412. The van der Waals surface area contributed by atoms with Crippen LogP contribution in [0.2, 0.25) is 0 Å². The van der Waals surface area contributed by atoms with Gasteiger partial charge < -0.3 is 29.2 Å². The minimum Gasteiger partial charge on any atom is -0.507 e. The number of aromatic nitrogens is 2. The Morgan fingerprint density at radius 3 is 1.87 bits per heavy atom. The van der Waals surface area contributed by atoms with E-state index < -0.39 is 14.2 Å². The van der Waals surface area contributed by atoms with Gasteiger partial charge in [0.05, 0.1) is 30.7 Å². The smallest absolute Gasteiger partial charge is 0.498 e. The van der Waals surface area contributed by atoms with Crippen molar-refractivity contribution in [2.45, 2.75) is 38.9 Å². The predicted octanol–water partition coefficient (Wildman–Crippen LogP) is 2.01. The zero-order valence-corrected chi connectivity index (χ0v) is 22.5. The molecule has 0 aromatic carbocycles. The van der Waals surface area contributed by atoms with Crippen LogP contribution in [0, 0.1) is 0 Å². The molecular formula is C17H24B3Br3N2O6. The van der Waals surface area contributed by atoms with E-state index >= 15 is 0 Å². The first kappa shape index (κ1) is 28.4. The molecule has 8 nitrogen and oxygen atoms in total. The third kappa shape index (κ3) is 8.67. The van der Waals surface area contributed by atoms with Crippen molar-refractivity contribution in [3.8, 4) is 11.5 Å². The lowest BCUT2D eigenvalue weighted by Gasteiger charge is -2.32. The molecule has 2 aromatic heterocycles. The molecule has 1 saturated heterocycles. The van der Waals surface area contributed by atoms with Gasteiger partial charge in [-0.25, -0.2) is 0 Å². The molecule has 0 amide bonds. The van der Waals surface area contributed by atoms with Crippen molar-refractivity contribution in [1.29, 1.82) is 0 Å². The molecule has 0 aliphatic carbocycles. The van der Waals surface area contributed by atoms with Crippen molar-refractivity contribution in [2.24, 2.45) is 0 Å². The molecular weight excluding hydrogens is 600 g/mol. The van der Waals surface area contributed by atoms with Gasteiger partial charge >= 0.3 is 17.4 Å². The summed E-state index contributed by atoms with van der Waals surface area (Å²) in [5.74, 6) is 0.475. The van der Waals surface area contributed by atoms with Gasteiger partial charge in [-0.15, -0.1) is 47.3 Å². The minimum atomic E-state index is -1.64. The molecule has 0 spiro atoms. The summed E-state index contributed by atoms with van der Waals surface area (Å²) in [6.07, 6.45) is 5.90. The van der Waals surface area contributed by atoms with E-state index in [-0.39, 0.29) is 25.6 Å². The topological polar surface area (TPSA) is 114 Å². The normalized spacial score (nSPS) is 15.7. The molecule has 1 aliphatic heterocycles. The molecule has 0 saturated carbocycles. The van der Waals surface area contributed by atoms with Crippen LogP contribution in [0.15, 0.2) is 36.9 Å². The van der Waals surface area contributed by atoms with Crippen LogP contribution in [-0.4, -0.2) is 60.9 Å². The Morgan fingerprint density at radius 2 is 1.45 bits per heavy atom. The van der Waals surface area contributed by atoms with E-state index in [4.69, 9.17) is 29.2 Å². The number of ether oxygens (including phenoxy) is 1. The molecule has 168 valence electrons. The summed E-state index contributed by atoms with van der Waals surface area (Å²) in [5, 5.41) is 26.0. The Morgan fingerprint density at radius 1 is 0.968 bits per heavy atom. The molecule has 31 heavy (non-hydrogen) atoms. The monoisotopic (exact) mass is 622 g/mol. The van der Waals surface area contributed by atoms with Gasteiger partial charge in [0.2, 0.25) is 0 Å². The van der Waals surface area contributed by atoms with Crippen LogP contribution in [0.4, 0.5) is 0 Å². The number of nitrogens with zero attached hydrogens (tertiary/aromatic N) is 2. The Kier molecular flexibility index (Phi) is 11.5. The van der Waals surface area contributed by atoms with Gasteiger partial charge in [-0.05, 0) is 39.8 Å². The van der Waals surface area contributed by atoms with Crippen LogP contribution in [0.25, 0.3) is 0 Å². The molecule has 3 heterocycles. The predicted molar refractivity (Wildman–Crippen MR) is 135 cm³/mol. The molecule has 0 unspecified atom stereocenters. The van der Waals surface area contributed by atoms with Gasteiger partial charge in [-0.3, -0.25) is 9.97 Å². The van der Waals surface area contributed by atoms with E-state index in [0.29, 0.717) is 5.75 Å². The molecule has 1 fully saturated rings. The van der Waals surface area contributed by atoms with Crippen LogP contribution >= 0.6 is 47.3 Å². The average molecular weight is 625 g/mol. The summed E-state index contributed by atoms with van der Waals surface area (Å²) in [4.78, 5) is 7.58. The highest BCUT2D eigenvalue weighted by molar-refractivity contribution is 9.69. The molecule has 0 atom stereocenters. The van der Waals surface area contributed by atoms with Gasteiger partial charge in [0.1, 0.15) is 11.5 Å². The molecule has 14 heteroatoms. The molecule has 0 radical (unpaired) electrons. The van der Waals surface area contributed by atoms with Gasteiger partial charge in [0, 0.05) is 23.3 Å².